The first kappa shape index (κ1) is 20.9. The fourth-order valence-corrected chi connectivity index (χ4v) is 2.55. The van der Waals surface area contributed by atoms with Gasteiger partial charge in [0.05, 0.1) is 4.92 Å². The van der Waals surface area contributed by atoms with Crippen LogP contribution in [0.5, 0.6) is 5.75 Å². The lowest BCUT2D eigenvalue weighted by molar-refractivity contribution is -0.386. The molecule has 28 heavy (non-hydrogen) atoms. The predicted octanol–water partition coefficient (Wildman–Crippen LogP) is 2.82. The number of carbonyl (C=O) groups excluding carboxylic acids is 2. The van der Waals surface area contributed by atoms with E-state index >= 15 is 0 Å². The number of hydrogen-bond donors (Lipinski definition) is 0. The van der Waals surface area contributed by atoms with Crippen LogP contribution in [0.25, 0.3) is 0 Å². The number of Topliss-reactive ketones (excluding diaryl/α,β-unsaturated/α-hetero) is 1. The third-order valence-corrected chi connectivity index (χ3v) is 3.85. The van der Waals surface area contributed by atoms with Gasteiger partial charge in [0, 0.05) is 5.56 Å². The summed E-state index contributed by atoms with van der Waals surface area (Å²) in [6, 6.07) is 4.94. The van der Waals surface area contributed by atoms with E-state index in [0.29, 0.717) is 0 Å². The van der Waals surface area contributed by atoms with Crippen molar-refractivity contribution in [2.75, 3.05) is 0 Å². The molecule has 0 fully saturated rings. The van der Waals surface area contributed by atoms with Crippen molar-refractivity contribution in [3.63, 3.8) is 0 Å². The van der Waals surface area contributed by atoms with Crippen LogP contribution < -0.4 is 4.74 Å². The first-order valence-electron chi connectivity index (χ1n) is 8.07. The summed E-state index contributed by atoms with van der Waals surface area (Å²) >= 11 is 0. The Morgan fingerprint density at radius 2 is 1.86 bits per heavy atom. The zero-order valence-electron chi connectivity index (χ0n) is 15.2. The Labute approximate surface area is 158 Å². The van der Waals surface area contributed by atoms with Gasteiger partial charge in [-0.15, -0.1) is 0 Å². The zero-order valence-corrected chi connectivity index (χ0v) is 15.2. The maximum atomic E-state index is 12.3. The highest BCUT2D eigenvalue weighted by Crippen LogP contribution is 2.22. The zero-order chi connectivity index (χ0) is 21.0. The van der Waals surface area contributed by atoms with Crippen molar-refractivity contribution in [2.24, 2.45) is 0 Å². The van der Waals surface area contributed by atoms with E-state index < -0.39 is 35.9 Å². The molecule has 2 rings (SSSR count). The maximum absolute atomic E-state index is 12.3. The summed E-state index contributed by atoms with van der Waals surface area (Å²) < 4.78 is 34.7. The number of halogens is 2. The van der Waals surface area contributed by atoms with Crippen LogP contribution in [0.2, 0.25) is 0 Å². The summed E-state index contributed by atoms with van der Waals surface area (Å²) in [7, 11) is 0. The summed E-state index contributed by atoms with van der Waals surface area (Å²) in [6.07, 6.45) is -1.15. The molecule has 0 aliphatic rings. The van der Waals surface area contributed by atoms with Crippen LogP contribution >= 0.6 is 0 Å². The molecule has 0 unspecified atom stereocenters. The lowest BCUT2D eigenvalue weighted by Gasteiger charge is -2.13. The molecule has 0 amide bonds. The highest BCUT2D eigenvalue weighted by atomic mass is 19.3. The van der Waals surface area contributed by atoms with Crippen LogP contribution in [-0.4, -0.2) is 39.2 Å². The van der Waals surface area contributed by atoms with Crippen LogP contribution in [0.15, 0.2) is 24.3 Å². The van der Waals surface area contributed by atoms with E-state index in [1.54, 1.807) is 0 Å². The summed E-state index contributed by atoms with van der Waals surface area (Å²) in [5.41, 5.74) is 0.297. The third kappa shape index (κ3) is 4.87. The molecule has 150 valence electrons. The number of aryl methyl sites for hydroxylation is 1. The molecule has 9 nitrogen and oxygen atoms in total. The van der Waals surface area contributed by atoms with E-state index in [2.05, 4.69) is 9.84 Å². The minimum atomic E-state index is -2.98. The second-order valence-corrected chi connectivity index (χ2v) is 5.83. The van der Waals surface area contributed by atoms with Gasteiger partial charge in [0.15, 0.2) is 6.10 Å². The van der Waals surface area contributed by atoms with Crippen LogP contribution in [0.1, 0.15) is 28.7 Å². The van der Waals surface area contributed by atoms with Gasteiger partial charge in [0.1, 0.15) is 23.7 Å². The quantitative estimate of drug-likeness (QED) is 0.291. The van der Waals surface area contributed by atoms with Gasteiger partial charge in [-0.1, -0.05) is 0 Å². The molecule has 1 atom stereocenters. The van der Waals surface area contributed by atoms with E-state index in [1.807, 2.05) is 0 Å². The minimum Gasteiger partial charge on any atom is -0.453 e. The molecule has 0 aliphatic heterocycles. The van der Waals surface area contributed by atoms with Crippen LogP contribution in [-0.2, 0) is 16.1 Å². The fraction of sp³-hybridized carbons (Fsp3) is 0.353. The number of nitrogens with zero attached hydrogens (tertiary/aromatic N) is 3. The number of rotatable bonds is 8. The van der Waals surface area contributed by atoms with Crippen molar-refractivity contribution < 1.29 is 32.8 Å². The van der Waals surface area contributed by atoms with Crippen LogP contribution in [0, 0.1) is 24.0 Å². The normalized spacial score (nSPS) is 11.9. The average molecular weight is 397 g/mol. The molecular weight excluding hydrogens is 380 g/mol. The Balaban J connectivity index is 2.01. The fourth-order valence-electron chi connectivity index (χ4n) is 2.55. The van der Waals surface area contributed by atoms with Gasteiger partial charge >= 0.3 is 18.3 Å². The molecular formula is C17H17F2N3O6. The second kappa shape index (κ2) is 8.55. The second-order valence-electron chi connectivity index (χ2n) is 5.83. The highest BCUT2D eigenvalue weighted by Gasteiger charge is 2.25. The summed E-state index contributed by atoms with van der Waals surface area (Å²) in [5.74, 6) is -1.46. The maximum Gasteiger partial charge on any atom is 0.387 e. The van der Waals surface area contributed by atoms with E-state index in [4.69, 9.17) is 4.74 Å². The first-order chi connectivity index (χ1) is 13.1. The molecule has 0 radical (unpaired) electrons. The number of ketones is 1. The monoisotopic (exact) mass is 397 g/mol. The van der Waals surface area contributed by atoms with Gasteiger partial charge in [-0.25, -0.2) is 0 Å². The van der Waals surface area contributed by atoms with Gasteiger partial charge in [0.25, 0.3) is 0 Å². The number of hydrogen-bond acceptors (Lipinski definition) is 7. The molecule has 0 aliphatic carbocycles. The van der Waals surface area contributed by atoms with E-state index in [1.165, 1.54) is 45.0 Å². The highest BCUT2D eigenvalue weighted by molar-refractivity contribution is 6.00. The Kier molecular flexibility index (Phi) is 6.39. The van der Waals surface area contributed by atoms with Crippen LogP contribution in [0.3, 0.4) is 0 Å². The number of ether oxygens (including phenoxy) is 2. The average Bonchev–Trinajstić information content (AvgIpc) is 2.87. The molecule has 0 N–H and O–H groups in total. The summed E-state index contributed by atoms with van der Waals surface area (Å²) in [6.45, 7) is 0.864. The van der Waals surface area contributed by atoms with Gasteiger partial charge in [-0.2, -0.15) is 13.9 Å². The largest absolute Gasteiger partial charge is 0.453 e. The molecule has 0 spiro atoms. The molecule has 1 aromatic carbocycles. The SMILES string of the molecule is Cc1nn(CC(=O)O[C@H](C)C(=O)c2ccc(OC(F)F)cc2)c(C)c1[N+](=O)[O-]. The number of esters is 1. The Morgan fingerprint density at radius 1 is 1.25 bits per heavy atom. The van der Waals surface area contributed by atoms with Crippen molar-refractivity contribution in [1.29, 1.82) is 0 Å². The van der Waals surface area contributed by atoms with Crippen molar-refractivity contribution >= 4 is 17.4 Å². The number of alkyl halides is 2. The standard InChI is InChI=1S/C17H17F2N3O6/c1-9-15(22(25)26)10(2)21(20-9)8-14(23)27-11(3)16(24)12-4-6-13(7-5-12)28-17(18)19/h4-7,11,17H,8H2,1-3H3/t11-/m1/s1. The number of aromatic nitrogens is 2. The molecule has 0 saturated carbocycles. The van der Waals surface area contributed by atoms with E-state index in [0.717, 1.165) is 4.68 Å². The lowest BCUT2D eigenvalue weighted by Crippen LogP contribution is -2.27. The van der Waals surface area contributed by atoms with Crippen molar-refractivity contribution in [3.05, 3.63) is 51.3 Å². The molecule has 2 aromatic rings. The minimum absolute atomic E-state index is 0.109. The molecule has 11 heteroatoms. The molecule has 0 bridgehead atoms. The van der Waals surface area contributed by atoms with E-state index in [9.17, 15) is 28.5 Å². The van der Waals surface area contributed by atoms with E-state index in [-0.39, 0.29) is 28.4 Å². The van der Waals surface area contributed by atoms with Gasteiger partial charge in [0.2, 0.25) is 5.78 Å². The smallest absolute Gasteiger partial charge is 0.387 e. The Hall–Kier alpha value is -3.37. The topological polar surface area (TPSA) is 114 Å². The summed E-state index contributed by atoms with van der Waals surface area (Å²) in [4.78, 5) is 34.8. The van der Waals surface area contributed by atoms with Gasteiger partial charge in [-0.05, 0) is 45.0 Å². The van der Waals surface area contributed by atoms with Crippen LogP contribution in [0.4, 0.5) is 14.5 Å². The Morgan fingerprint density at radius 3 is 2.36 bits per heavy atom. The predicted molar refractivity (Wildman–Crippen MR) is 91.3 cm³/mol. The number of benzene rings is 1. The molecule has 0 saturated heterocycles. The van der Waals surface area contributed by atoms with Gasteiger partial charge in [-0.3, -0.25) is 24.4 Å². The summed E-state index contributed by atoms with van der Waals surface area (Å²) in [5, 5.41) is 14.9. The van der Waals surface area contributed by atoms with Crippen molar-refractivity contribution in [1.82, 2.24) is 9.78 Å². The lowest BCUT2D eigenvalue weighted by atomic mass is 10.1. The third-order valence-electron chi connectivity index (χ3n) is 3.85. The number of carbonyl (C=O) groups is 2. The first-order valence-corrected chi connectivity index (χ1v) is 8.07. The van der Waals surface area contributed by atoms with Gasteiger partial charge < -0.3 is 9.47 Å². The molecule has 1 heterocycles. The van der Waals surface area contributed by atoms with Crippen molar-refractivity contribution in [3.8, 4) is 5.75 Å². The number of nitro groups is 1. The molecule has 1 aromatic heterocycles. The van der Waals surface area contributed by atoms with Crippen molar-refractivity contribution in [2.45, 2.75) is 40.0 Å². The Bertz CT molecular complexity index is 895.